The molecule has 0 saturated carbocycles. The minimum Gasteiger partial charge on any atom is -0.459 e. The van der Waals surface area contributed by atoms with Crippen molar-refractivity contribution in [3.05, 3.63) is 54.0 Å². The number of nitrogens with one attached hydrogen (secondary N) is 1. The first kappa shape index (κ1) is 18.7. The molecule has 134 valence electrons. The molecule has 0 saturated heterocycles. The van der Waals surface area contributed by atoms with Crippen molar-refractivity contribution in [1.82, 2.24) is 5.32 Å². The Morgan fingerprint density at radius 1 is 1.16 bits per heavy atom. The minimum absolute atomic E-state index is 0.218. The maximum Gasteiger partial charge on any atom is 0.293 e. The van der Waals surface area contributed by atoms with Gasteiger partial charge in [-0.25, -0.2) is 0 Å². The molecule has 3 N–H and O–H groups in total. The molecular weight excluding hydrogens is 318 g/mol. The van der Waals surface area contributed by atoms with Crippen molar-refractivity contribution >= 4 is 17.5 Å². The first-order chi connectivity index (χ1) is 11.9. The number of hydrogen-bond acceptors (Lipinski definition) is 4. The molecule has 0 spiro atoms. The molecule has 2 aromatic rings. The fourth-order valence-corrected chi connectivity index (χ4v) is 2.48. The zero-order chi connectivity index (χ0) is 18.4. The predicted octanol–water partition coefficient (Wildman–Crippen LogP) is 2.80. The van der Waals surface area contributed by atoms with Crippen LogP contribution in [-0.4, -0.2) is 30.9 Å². The second-order valence-corrected chi connectivity index (χ2v) is 6.11. The van der Waals surface area contributed by atoms with Gasteiger partial charge in [0.25, 0.3) is 11.8 Å². The maximum absolute atomic E-state index is 12.6. The molecule has 2 rings (SSSR count). The first-order valence-corrected chi connectivity index (χ1v) is 8.39. The molecule has 0 fully saturated rings. The highest BCUT2D eigenvalue weighted by Crippen LogP contribution is 2.21. The molecule has 0 aliphatic carbocycles. The number of carbonyl (C=O) groups is 2. The Balaban J connectivity index is 2.20. The van der Waals surface area contributed by atoms with Gasteiger partial charge in [0.05, 0.1) is 17.5 Å². The Kier molecular flexibility index (Phi) is 5.98. The summed E-state index contributed by atoms with van der Waals surface area (Å²) in [5.41, 5.74) is 6.74. The number of nitrogens with two attached hydrogens (primary N) is 1. The van der Waals surface area contributed by atoms with Gasteiger partial charge in [0.1, 0.15) is 0 Å². The van der Waals surface area contributed by atoms with Crippen LogP contribution in [0.15, 0.2) is 47.1 Å². The summed E-state index contributed by atoms with van der Waals surface area (Å²) >= 11 is 0. The van der Waals surface area contributed by atoms with Gasteiger partial charge in [-0.05, 0) is 37.1 Å². The van der Waals surface area contributed by atoms with Gasteiger partial charge in [-0.3, -0.25) is 9.59 Å². The lowest BCUT2D eigenvalue weighted by Crippen LogP contribution is -2.49. The van der Waals surface area contributed by atoms with E-state index in [1.807, 2.05) is 13.8 Å². The Morgan fingerprint density at radius 2 is 1.84 bits per heavy atom. The van der Waals surface area contributed by atoms with Gasteiger partial charge in [0, 0.05) is 19.1 Å². The van der Waals surface area contributed by atoms with Crippen LogP contribution >= 0.6 is 0 Å². The van der Waals surface area contributed by atoms with Crippen molar-refractivity contribution in [3.8, 4) is 0 Å². The molecule has 0 unspecified atom stereocenters. The smallest absolute Gasteiger partial charge is 0.293 e. The third-order valence-corrected chi connectivity index (χ3v) is 4.56. The number of anilines is 1. The van der Waals surface area contributed by atoms with Crippen LogP contribution in [0.25, 0.3) is 0 Å². The standard InChI is InChI=1S/C19H25N3O3/c1-4-19(20,5-2)13-21-17(23)14-9-6-7-10-15(14)22(3)18(24)16-11-8-12-25-16/h6-12H,4-5,13,20H2,1-3H3,(H,21,23). The van der Waals surface area contributed by atoms with E-state index in [9.17, 15) is 9.59 Å². The maximum atomic E-state index is 12.6. The van der Waals surface area contributed by atoms with Crippen molar-refractivity contribution in [1.29, 1.82) is 0 Å². The van der Waals surface area contributed by atoms with E-state index in [0.29, 0.717) is 17.8 Å². The normalized spacial score (nSPS) is 11.2. The molecule has 0 aliphatic heterocycles. The summed E-state index contributed by atoms with van der Waals surface area (Å²) < 4.78 is 5.15. The Labute approximate surface area is 148 Å². The third kappa shape index (κ3) is 4.28. The topological polar surface area (TPSA) is 88.6 Å². The summed E-state index contributed by atoms with van der Waals surface area (Å²) in [4.78, 5) is 26.5. The summed E-state index contributed by atoms with van der Waals surface area (Å²) in [6, 6.07) is 10.2. The number of hydrogen-bond donors (Lipinski definition) is 2. The number of benzene rings is 1. The van der Waals surface area contributed by atoms with E-state index in [0.717, 1.165) is 12.8 Å². The van der Waals surface area contributed by atoms with Crippen LogP contribution in [0, 0.1) is 0 Å². The average molecular weight is 343 g/mol. The monoisotopic (exact) mass is 343 g/mol. The highest BCUT2D eigenvalue weighted by atomic mass is 16.3. The fraction of sp³-hybridized carbons (Fsp3) is 0.368. The second kappa shape index (κ2) is 7.98. The molecule has 6 heteroatoms. The van der Waals surface area contributed by atoms with Crippen molar-refractivity contribution in [2.45, 2.75) is 32.2 Å². The molecule has 0 bridgehead atoms. The molecule has 1 aromatic heterocycles. The van der Waals surface area contributed by atoms with E-state index in [-0.39, 0.29) is 17.6 Å². The average Bonchev–Trinajstić information content (AvgIpc) is 3.19. The van der Waals surface area contributed by atoms with Gasteiger partial charge in [-0.1, -0.05) is 26.0 Å². The summed E-state index contributed by atoms with van der Waals surface area (Å²) in [6.07, 6.45) is 2.97. The molecule has 25 heavy (non-hydrogen) atoms. The van der Waals surface area contributed by atoms with Gasteiger partial charge < -0.3 is 20.4 Å². The van der Waals surface area contributed by atoms with Gasteiger partial charge >= 0.3 is 0 Å². The van der Waals surface area contributed by atoms with E-state index in [1.54, 1.807) is 43.4 Å². The molecule has 1 heterocycles. The molecule has 0 aliphatic rings. The summed E-state index contributed by atoms with van der Waals surface area (Å²) in [5.74, 6) is -0.359. The largest absolute Gasteiger partial charge is 0.459 e. The van der Waals surface area contributed by atoms with Gasteiger partial charge in [-0.15, -0.1) is 0 Å². The van der Waals surface area contributed by atoms with Crippen LogP contribution in [0.5, 0.6) is 0 Å². The molecule has 6 nitrogen and oxygen atoms in total. The highest BCUT2D eigenvalue weighted by Gasteiger charge is 2.24. The first-order valence-electron chi connectivity index (χ1n) is 8.39. The van der Waals surface area contributed by atoms with Crippen LogP contribution in [0.4, 0.5) is 5.69 Å². The van der Waals surface area contributed by atoms with Gasteiger partial charge in [0.15, 0.2) is 5.76 Å². The molecule has 2 amide bonds. The number of rotatable bonds is 7. The lowest BCUT2D eigenvalue weighted by molar-refractivity contribution is 0.0942. The van der Waals surface area contributed by atoms with E-state index < -0.39 is 5.54 Å². The van der Waals surface area contributed by atoms with Crippen molar-refractivity contribution in [2.24, 2.45) is 5.73 Å². The van der Waals surface area contributed by atoms with E-state index in [1.165, 1.54) is 11.2 Å². The van der Waals surface area contributed by atoms with Crippen LogP contribution in [-0.2, 0) is 0 Å². The summed E-state index contributed by atoms with van der Waals surface area (Å²) in [7, 11) is 1.61. The van der Waals surface area contributed by atoms with Crippen LogP contribution < -0.4 is 16.0 Å². The zero-order valence-corrected chi connectivity index (χ0v) is 14.9. The quantitative estimate of drug-likeness (QED) is 0.809. The second-order valence-electron chi connectivity index (χ2n) is 6.11. The fourth-order valence-electron chi connectivity index (χ4n) is 2.48. The molecule has 1 aromatic carbocycles. The number of para-hydroxylation sites is 1. The number of furan rings is 1. The molecular formula is C19H25N3O3. The van der Waals surface area contributed by atoms with Crippen LogP contribution in [0.3, 0.4) is 0 Å². The van der Waals surface area contributed by atoms with Crippen LogP contribution in [0.2, 0.25) is 0 Å². The number of nitrogens with zero attached hydrogens (tertiary/aromatic N) is 1. The predicted molar refractivity (Wildman–Crippen MR) is 97.7 cm³/mol. The lowest BCUT2D eigenvalue weighted by Gasteiger charge is -2.27. The van der Waals surface area contributed by atoms with Gasteiger partial charge in [-0.2, -0.15) is 0 Å². The van der Waals surface area contributed by atoms with Crippen molar-refractivity contribution in [3.63, 3.8) is 0 Å². The SMILES string of the molecule is CCC(N)(CC)CNC(=O)c1ccccc1N(C)C(=O)c1ccco1. The molecule has 0 radical (unpaired) electrons. The lowest BCUT2D eigenvalue weighted by atomic mass is 9.94. The minimum atomic E-state index is -0.430. The number of carbonyl (C=O) groups excluding carboxylic acids is 2. The molecule has 0 atom stereocenters. The Morgan fingerprint density at radius 3 is 2.44 bits per heavy atom. The summed E-state index contributed by atoms with van der Waals surface area (Å²) in [6.45, 7) is 4.38. The van der Waals surface area contributed by atoms with Crippen molar-refractivity contribution in [2.75, 3.05) is 18.5 Å². The third-order valence-electron chi connectivity index (χ3n) is 4.56. The van der Waals surface area contributed by atoms with E-state index in [2.05, 4.69) is 5.32 Å². The van der Waals surface area contributed by atoms with Crippen LogP contribution in [0.1, 0.15) is 47.6 Å². The highest BCUT2D eigenvalue weighted by molar-refractivity contribution is 6.09. The van der Waals surface area contributed by atoms with Gasteiger partial charge in [0.2, 0.25) is 0 Å². The van der Waals surface area contributed by atoms with E-state index >= 15 is 0 Å². The van der Waals surface area contributed by atoms with E-state index in [4.69, 9.17) is 10.2 Å². The van der Waals surface area contributed by atoms with Crippen molar-refractivity contribution < 1.29 is 14.0 Å². The zero-order valence-electron chi connectivity index (χ0n) is 14.9. The Bertz CT molecular complexity index is 721. The Hall–Kier alpha value is -2.60. The summed E-state index contributed by atoms with van der Waals surface area (Å²) in [5, 5.41) is 2.89. The number of amides is 2.